The van der Waals surface area contributed by atoms with Crippen molar-refractivity contribution in [2.75, 3.05) is 0 Å². The summed E-state index contributed by atoms with van der Waals surface area (Å²) in [7, 11) is 0. The zero-order valence-electron chi connectivity index (χ0n) is 8.01. The fourth-order valence-electron chi connectivity index (χ4n) is 1.67. The highest BCUT2D eigenvalue weighted by Crippen LogP contribution is 2.40. The molecule has 1 aromatic carbocycles. The van der Waals surface area contributed by atoms with Crippen LogP contribution in [0.5, 0.6) is 11.5 Å². The average Bonchev–Trinajstić information content (AvgIpc) is 2.41. The number of carbonyl (C=O) groups is 2. The van der Waals surface area contributed by atoms with Crippen LogP contribution in [0, 0.1) is 0 Å². The molecular formula is C10H8O6. The lowest BCUT2D eigenvalue weighted by Crippen LogP contribution is -2.05. The van der Waals surface area contributed by atoms with Crippen LogP contribution in [0.3, 0.4) is 0 Å². The number of aliphatic carboxylic acids is 1. The van der Waals surface area contributed by atoms with Gasteiger partial charge in [0.25, 0.3) is 0 Å². The van der Waals surface area contributed by atoms with E-state index in [4.69, 9.17) is 9.84 Å². The molecule has 0 aromatic heterocycles. The molecule has 3 N–H and O–H groups in total. The highest BCUT2D eigenvalue weighted by molar-refractivity contribution is 5.97. The van der Waals surface area contributed by atoms with Gasteiger partial charge >= 0.3 is 11.9 Å². The average molecular weight is 224 g/mol. The maximum atomic E-state index is 11.3. The molecule has 0 saturated heterocycles. The predicted molar refractivity (Wildman–Crippen MR) is 50.2 cm³/mol. The van der Waals surface area contributed by atoms with Gasteiger partial charge in [0, 0.05) is 11.6 Å². The van der Waals surface area contributed by atoms with Crippen LogP contribution in [-0.2, 0) is 9.53 Å². The maximum Gasteiger partial charge on any atom is 0.342 e. The van der Waals surface area contributed by atoms with Crippen LogP contribution in [0.15, 0.2) is 12.1 Å². The van der Waals surface area contributed by atoms with Gasteiger partial charge in [0.15, 0.2) is 0 Å². The molecule has 84 valence electrons. The van der Waals surface area contributed by atoms with Crippen LogP contribution in [0.25, 0.3) is 0 Å². The van der Waals surface area contributed by atoms with E-state index in [0.29, 0.717) is 0 Å². The van der Waals surface area contributed by atoms with Crippen molar-refractivity contribution in [2.45, 2.75) is 12.5 Å². The number of carbonyl (C=O) groups excluding carboxylic acids is 1. The Labute approximate surface area is 89.7 Å². The van der Waals surface area contributed by atoms with Crippen molar-refractivity contribution in [2.24, 2.45) is 0 Å². The fraction of sp³-hybridized carbons (Fsp3) is 0.200. The van der Waals surface area contributed by atoms with E-state index in [0.717, 1.165) is 6.07 Å². The van der Waals surface area contributed by atoms with Crippen LogP contribution in [0.4, 0.5) is 0 Å². The Morgan fingerprint density at radius 3 is 2.69 bits per heavy atom. The molecule has 0 fully saturated rings. The molecule has 6 heteroatoms. The summed E-state index contributed by atoms with van der Waals surface area (Å²) in [4.78, 5) is 21.9. The van der Waals surface area contributed by atoms with Gasteiger partial charge in [0.05, 0.1) is 6.42 Å². The third-order valence-corrected chi connectivity index (χ3v) is 2.29. The summed E-state index contributed by atoms with van der Waals surface area (Å²) in [5.41, 5.74) is 0.119. The van der Waals surface area contributed by atoms with E-state index < -0.39 is 30.2 Å². The molecule has 0 unspecified atom stereocenters. The number of aromatic hydroxyl groups is 2. The first-order valence-electron chi connectivity index (χ1n) is 4.47. The van der Waals surface area contributed by atoms with Crippen LogP contribution in [0.1, 0.15) is 28.4 Å². The van der Waals surface area contributed by atoms with E-state index >= 15 is 0 Å². The first-order chi connectivity index (χ1) is 7.49. The molecule has 0 bridgehead atoms. The minimum Gasteiger partial charge on any atom is -0.508 e. The van der Waals surface area contributed by atoms with Crippen molar-refractivity contribution >= 4 is 11.9 Å². The topological polar surface area (TPSA) is 104 Å². The second kappa shape index (κ2) is 3.41. The monoisotopic (exact) mass is 224 g/mol. The quantitative estimate of drug-likeness (QED) is 0.641. The van der Waals surface area contributed by atoms with E-state index in [1.807, 2.05) is 0 Å². The second-order valence-corrected chi connectivity index (χ2v) is 3.42. The lowest BCUT2D eigenvalue weighted by Gasteiger charge is -2.07. The highest BCUT2D eigenvalue weighted by Gasteiger charge is 2.35. The van der Waals surface area contributed by atoms with E-state index in [2.05, 4.69) is 0 Å². The summed E-state index contributed by atoms with van der Waals surface area (Å²) >= 11 is 0. The number of carboxylic acid groups (broad SMARTS) is 1. The van der Waals surface area contributed by atoms with E-state index in [-0.39, 0.29) is 16.9 Å². The molecule has 1 atom stereocenters. The maximum absolute atomic E-state index is 11.3. The number of benzene rings is 1. The van der Waals surface area contributed by atoms with Crippen molar-refractivity contribution in [3.63, 3.8) is 0 Å². The molecular weight excluding hydrogens is 216 g/mol. The fourth-order valence-corrected chi connectivity index (χ4v) is 1.67. The van der Waals surface area contributed by atoms with Gasteiger partial charge in [-0.1, -0.05) is 0 Å². The predicted octanol–water partition coefficient (Wildman–Crippen LogP) is 0.784. The summed E-state index contributed by atoms with van der Waals surface area (Å²) in [5, 5.41) is 27.3. The Bertz CT molecular complexity index is 478. The van der Waals surface area contributed by atoms with Crippen LogP contribution in [-0.4, -0.2) is 27.3 Å². The summed E-state index contributed by atoms with van der Waals surface area (Å²) in [6.07, 6.45) is -1.36. The van der Waals surface area contributed by atoms with Crippen molar-refractivity contribution in [3.8, 4) is 11.5 Å². The number of esters is 1. The number of cyclic esters (lactones) is 1. The Morgan fingerprint density at radius 2 is 2.06 bits per heavy atom. The minimum absolute atomic E-state index is 0.0796. The first kappa shape index (κ1) is 10.3. The van der Waals surface area contributed by atoms with Gasteiger partial charge in [0.1, 0.15) is 23.2 Å². The lowest BCUT2D eigenvalue weighted by molar-refractivity contribution is -0.139. The molecule has 6 nitrogen and oxygen atoms in total. The standard InChI is InChI=1S/C10H8O6/c11-4-1-5-7(3-8(13)14)16-10(15)9(5)6(12)2-4/h1-2,7,11-12H,3H2,(H,13,14)/t7-/m1/s1. The third kappa shape index (κ3) is 1.54. The second-order valence-electron chi connectivity index (χ2n) is 3.42. The number of phenols is 2. The molecule has 2 rings (SSSR count). The zero-order valence-corrected chi connectivity index (χ0v) is 8.01. The largest absolute Gasteiger partial charge is 0.508 e. The van der Waals surface area contributed by atoms with Gasteiger partial charge in [-0.2, -0.15) is 0 Å². The molecule has 16 heavy (non-hydrogen) atoms. The van der Waals surface area contributed by atoms with Gasteiger partial charge in [-0.05, 0) is 6.07 Å². The molecule has 1 aliphatic rings. The molecule has 0 aliphatic carbocycles. The van der Waals surface area contributed by atoms with Crippen molar-refractivity contribution in [1.29, 1.82) is 0 Å². The molecule has 0 amide bonds. The number of hydrogen-bond donors (Lipinski definition) is 3. The summed E-state index contributed by atoms with van der Waals surface area (Å²) < 4.78 is 4.79. The number of ether oxygens (including phenoxy) is 1. The Balaban J connectivity index is 2.48. The first-order valence-corrected chi connectivity index (χ1v) is 4.47. The zero-order chi connectivity index (χ0) is 11.9. The number of fused-ring (bicyclic) bond motifs is 1. The normalized spacial score (nSPS) is 18.0. The van der Waals surface area contributed by atoms with Crippen molar-refractivity contribution < 1.29 is 29.6 Å². The lowest BCUT2D eigenvalue weighted by atomic mass is 10.0. The molecule has 0 saturated carbocycles. The van der Waals surface area contributed by atoms with Crippen molar-refractivity contribution in [3.05, 3.63) is 23.3 Å². The molecule has 1 aromatic rings. The minimum atomic E-state index is -1.13. The highest BCUT2D eigenvalue weighted by atomic mass is 16.6. The molecule has 0 radical (unpaired) electrons. The smallest absolute Gasteiger partial charge is 0.342 e. The molecule has 0 spiro atoms. The number of hydrogen-bond acceptors (Lipinski definition) is 5. The van der Waals surface area contributed by atoms with Gasteiger partial charge in [-0.15, -0.1) is 0 Å². The van der Waals surface area contributed by atoms with Crippen LogP contribution in [0.2, 0.25) is 0 Å². The number of phenolic OH excluding ortho intramolecular Hbond substituents is 2. The van der Waals surface area contributed by atoms with Gasteiger partial charge < -0.3 is 20.1 Å². The molecule has 1 aliphatic heterocycles. The van der Waals surface area contributed by atoms with E-state index in [1.165, 1.54) is 6.07 Å². The Morgan fingerprint density at radius 1 is 1.38 bits per heavy atom. The number of rotatable bonds is 2. The Kier molecular flexibility index (Phi) is 2.19. The van der Waals surface area contributed by atoms with E-state index in [1.54, 1.807) is 0 Å². The summed E-state index contributed by atoms with van der Waals surface area (Å²) in [6, 6.07) is 2.22. The van der Waals surface area contributed by atoms with Crippen molar-refractivity contribution in [1.82, 2.24) is 0 Å². The van der Waals surface area contributed by atoms with Crippen LogP contribution < -0.4 is 0 Å². The summed E-state index contributed by atoms with van der Waals surface area (Å²) in [5.74, 6) is -2.56. The number of carboxylic acids is 1. The van der Waals surface area contributed by atoms with Gasteiger partial charge in [-0.3, -0.25) is 4.79 Å². The SMILES string of the molecule is O=C(O)C[C@H]1OC(=O)c2c(O)cc(O)cc21. The third-order valence-electron chi connectivity index (χ3n) is 2.29. The van der Waals surface area contributed by atoms with E-state index in [9.17, 15) is 19.8 Å². The summed E-state index contributed by atoms with van der Waals surface area (Å²) in [6.45, 7) is 0. The van der Waals surface area contributed by atoms with Gasteiger partial charge in [0.2, 0.25) is 0 Å². The van der Waals surface area contributed by atoms with Gasteiger partial charge in [-0.25, -0.2) is 4.79 Å². The molecule has 1 heterocycles. The Hall–Kier alpha value is -2.24. The van der Waals surface area contributed by atoms with Crippen LogP contribution >= 0.6 is 0 Å².